The van der Waals surface area contributed by atoms with Crippen LogP contribution in [0, 0.1) is 11.8 Å². The van der Waals surface area contributed by atoms with E-state index < -0.39 is 0 Å². The van der Waals surface area contributed by atoms with Gasteiger partial charge in [-0.2, -0.15) is 0 Å². The number of nitrogens with one attached hydrogen (secondary N) is 1. The van der Waals surface area contributed by atoms with Gasteiger partial charge in [0, 0.05) is 12.6 Å². The smallest absolute Gasteiger partial charge is 0.0354 e. The second kappa shape index (κ2) is 2.85. The lowest BCUT2D eigenvalue weighted by Crippen LogP contribution is -2.47. The van der Waals surface area contributed by atoms with Crippen molar-refractivity contribution in [3.63, 3.8) is 0 Å². The van der Waals surface area contributed by atoms with Gasteiger partial charge in [0.25, 0.3) is 0 Å². The maximum absolute atomic E-state index is 3.75. The molecule has 1 saturated carbocycles. The third-order valence-electron chi connectivity index (χ3n) is 4.86. The van der Waals surface area contributed by atoms with Crippen LogP contribution in [0.15, 0.2) is 24.3 Å². The molecule has 2 aliphatic carbocycles. The predicted molar refractivity (Wildman–Crippen MR) is 60.8 cm³/mol. The van der Waals surface area contributed by atoms with Gasteiger partial charge in [-0.25, -0.2) is 0 Å². The molecular formula is C14H17N. The van der Waals surface area contributed by atoms with E-state index in [9.17, 15) is 0 Å². The molecule has 0 radical (unpaired) electrons. The molecule has 2 fully saturated rings. The summed E-state index contributed by atoms with van der Waals surface area (Å²) in [4.78, 5) is 0. The summed E-state index contributed by atoms with van der Waals surface area (Å²) in [6.07, 6.45) is 4.38. The van der Waals surface area contributed by atoms with Crippen molar-refractivity contribution in [2.75, 3.05) is 6.54 Å². The predicted octanol–water partition coefficient (Wildman–Crippen LogP) is 2.84. The van der Waals surface area contributed by atoms with Gasteiger partial charge >= 0.3 is 0 Å². The summed E-state index contributed by atoms with van der Waals surface area (Å²) in [5, 5.41) is 3.75. The summed E-state index contributed by atoms with van der Waals surface area (Å²) >= 11 is 0. The van der Waals surface area contributed by atoms with Crippen LogP contribution < -0.4 is 5.32 Å². The number of hydrogen-bond donors (Lipinski definition) is 1. The van der Waals surface area contributed by atoms with Crippen molar-refractivity contribution in [3.8, 4) is 0 Å². The van der Waals surface area contributed by atoms with Crippen LogP contribution in [0.4, 0.5) is 0 Å². The Morgan fingerprint density at radius 2 is 1.80 bits per heavy atom. The molecule has 0 amide bonds. The van der Waals surface area contributed by atoms with Gasteiger partial charge in [0.2, 0.25) is 0 Å². The van der Waals surface area contributed by atoms with Crippen LogP contribution in [0.2, 0.25) is 0 Å². The maximum Gasteiger partial charge on any atom is 0.0354 e. The monoisotopic (exact) mass is 199 g/mol. The van der Waals surface area contributed by atoms with Crippen LogP contribution in [-0.2, 0) is 0 Å². The molecule has 2 heterocycles. The summed E-state index contributed by atoms with van der Waals surface area (Å²) in [5.74, 6) is 2.75. The van der Waals surface area contributed by atoms with Crippen molar-refractivity contribution in [1.29, 1.82) is 0 Å². The first-order valence-electron chi connectivity index (χ1n) is 6.27. The molecule has 15 heavy (non-hydrogen) atoms. The van der Waals surface area contributed by atoms with Crippen molar-refractivity contribution >= 4 is 0 Å². The molecule has 1 aromatic carbocycles. The summed E-state index contributed by atoms with van der Waals surface area (Å²) in [7, 11) is 0. The average molecular weight is 199 g/mol. The Hall–Kier alpha value is -0.820. The third-order valence-corrected chi connectivity index (χ3v) is 4.86. The van der Waals surface area contributed by atoms with Crippen molar-refractivity contribution < 1.29 is 0 Å². The quantitative estimate of drug-likeness (QED) is 0.677. The minimum atomic E-state index is 0.679. The van der Waals surface area contributed by atoms with Crippen LogP contribution in [-0.4, -0.2) is 6.54 Å². The highest BCUT2D eigenvalue weighted by Crippen LogP contribution is 2.55. The molecule has 4 aliphatic rings. The molecular weight excluding hydrogens is 182 g/mol. The zero-order valence-corrected chi connectivity index (χ0v) is 8.95. The molecule has 2 bridgehead atoms. The minimum Gasteiger partial charge on any atom is -0.309 e. The summed E-state index contributed by atoms with van der Waals surface area (Å²) in [5.41, 5.74) is 3.27. The molecule has 1 saturated heterocycles. The van der Waals surface area contributed by atoms with Crippen molar-refractivity contribution in [2.45, 2.75) is 31.2 Å². The summed E-state index contributed by atoms with van der Waals surface area (Å²) < 4.78 is 0. The van der Waals surface area contributed by atoms with Crippen LogP contribution in [0.3, 0.4) is 0 Å². The number of benzene rings is 1. The Morgan fingerprint density at radius 1 is 1.00 bits per heavy atom. The average Bonchev–Trinajstić information content (AvgIpc) is 2.80. The molecule has 2 aliphatic heterocycles. The fourth-order valence-electron chi connectivity index (χ4n) is 4.30. The Balaban J connectivity index is 1.91. The van der Waals surface area contributed by atoms with Crippen molar-refractivity contribution in [1.82, 2.24) is 5.32 Å². The second-order valence-electron chi connectivity index (χ2n) is 5.38. The third kappa shape index (κ3) is 0.971. The molecule has 5 rings (SSSR count). The molecule has 1 heteroatoms. The van der Waals surface area contributed by atoms with E-state index in [0.717, 1.165) is 17.8 Å². The van der Waals surface area contributed by atoms with Crippen molar-refractivity contribution in [2.24, 2.45) is 11.8 Å². The molecule has 1 aromatic rings. The standard InChI is InChI=1S/C14H17N/c1-2-5-11-9(4-1)13-8-15-14(11)12-7-3-6-10(12)13/h1-2,4-5,10,12-15H,3,6-8H2. The number of piperidine rings is 1. The highest BCUT2D eigenvalue weighted by molar-refractivity contribution is 5.40. The highest BCUT2D eigenvalue weighted by Gasteiger charge is 2.48. The first-order chi connectivity index (χ1) is 7.45. The zero-order chi connectivity index (χ0) is 9.83. The van der Waals surface area contributed by atoms with Gasteiger partial charge < -0.3 is 5.32 Å². The van der Waals surface area contributed by atoms with Crippen LogP contribution in [0.5, 0.6) is 0 Å². The van der Waals surface area contributed by atoms with Gasteiger partial charge in [-0.1, -0.05) is 30.7 Å². The largest absolute Gasteiger partial charge is 0.309 e. The van der Waals surface area contributed by atoms with Crippen molar-refractivity contribution in [3.05, 3.63) is 35.4 Å². The first-order valence-corrected chi connectivity index (χ1v) is 6.27. The SMILES string of the molecule is c1ccc2c(c1)C1CNC2C2CCCC12. The maximum atomic E-state index is 3.75. The molecule has 4 atom stereocenters. The number of hydrogen-bond acceptors (Lipinski definition) is 1. The molecule has 4 unspecified atom stereocenters. The minimum absolute atomic E-state index is 0.679. The lowest BCUT2D eigenvalue weighted by molar-refractivity contribution is 0.167. The second-order valence-corrected chi connectivity index (χ2v) is 5.38. The number of rotatable bonds is 0. The molecule has 1 N–H and O–H groups in total. The first kappa shape index (κ1) is 8.35. The fraction of sp³-hybridized carbons (Fsp3) is 0.571. The fourth-order valence-corrected chi connectivity index (χ4v) is 4.30. The van der Waals surface area contributed by atoms with Crippen LogP contribution in [0.1, 0.15) is 42.3 Å². The molecule has 1 nitrogen and oxygen atoms in total. The van der Waals surface area contributed by atoms with E-state index in [-0.39, 0.29) is 0 Å². The topological polar surface area (TPSA) is 12.0 Å². The van der Waals surface area contributed by atoms with Crippen LogP contribution in [0.25, 0.3) is 0 Å². The Kier molecular flexibility index (Phi) is 1.59. The van der Waals surface area contributed by atoms with E-state index in [1.165, 1.54) is 25.8 Å². The van der Waals surface area contributed by atoms with E-state index in [2.05, 4.69) is 29.6 Å². The number of fused-ring (bicyclic) bond motifs is 1. The van der Waals surface area contributed by atoms with Gasteiger partial charge in [0.1, 0.15) is 0 Å². The normalized spacial score (nSPS) is 41.3. The van der Waals surface area contributed by atoms with Gasteiger partial charge in [0.05, 0.1) is 0 Å². The zero-order valence-electron chi connectivity index (χ0n) is 8.95. The molecule has 0 aromatic heterocycles. The van der Waals surface area contributed by atoms with Gasteiger partial charge in [-0.3, -0.25) is 0 Å². The van der Waals surface area contributed by atoms with Crippen LogP contribution >= 0.6 is 0 Å². The van der Waals surface area contributed by atoms with E-state index in [4.69, 9.17) is 0 Å². The van der Waals surface area contributed by atoms with E-state index >= 15 is 0 Å². The van der Waals surface area contributed by atoms with Gasteiger partial charge in [-0.15, -0.1) is 0 Å². The van der Waals surface area contributed by atoms with Gasteiger partial charge in [0.15, 0.2) is 0 Å². The van der Waals surface area contributed by atoms with Gasteiger partial charge in [-0.05, 0) is 41.7 Å². The molecule has 0 spiro atoms. The lowest BCUT2D eigenvalue weighted by atomic mass is 9.65. The summed E-state index contributed by atoms with van der Waals surface area (Å²) in [6, 6.07) is 9.80. The molecule has 78 valence electrons. The lowest BCUT2D eigenvalue weighted by Gasteiger charge is -2.47. The Morgan fingerprint density at radius 3 is 2.73 bits per heavy atom. The summed E-state index contributed by atoms with van der Waals surface area (Å²) in [6.45, 7) is 1.23. The Labute approximate surface area is 90.9 Å². The van der Waals surface area contributed by atoms with E-state index in [1.54, 1.807) is 11.1 Å². The Bertz CT molecular complexity index is 361. The van der Waals surface area contributed by atoms with E-state index in [0.29, 0.717) is 6.04 Å². The highest BCUT2D eigenvalue weighted by atomic mass is 15.0. The van der Waals surface area contributed by atoms with E-state index in [1.807, 2.05) is 0 Å².